The molecule has 1 N–H and O–H groups in total. The van der Waals surface area contributed by atoms with Gasteiger partial charge in [0.1, 0.15) is 5.75 Å². The van der Waals surface area contributed by atoms with Gasteiger partial charge >= 0.3 is 0 Å². The maximum atomic E-state index is 10.1. The average molecular weight is 234 g/mol. The first-order valence-electron chi connectivity index (χ1n) is 6.70. The van der Waals surface area contributed by atoms with E-state index in [2.05, 4.69) is 6.92 Å². The number of hydrogen-bond acceptors (Lipinski definition) is 2. The van der Waals surface area contributed by atoms with Gasteiger partial charge < -0.3 is 9.84 Å². The van der Waals surface area contributed by atoms with Crippen molar-refractivity contribution in [1.82, 2.24) is 0 Å². The van der Waals surface area contributed by atoms with Gasteiger partial charge in [0, 0.05) is 0 Å². The average Bonchev–Trinajstić information content (AvgIpc) is 3.18. The number of benzene rings is 1. The maximum absolute atomic E-state index is 10.1. The summed E-state index contributed by atoms with van der Waals surface area (Å²) in [5, 5.41) is 10.1. The van der Waals surface area contributed by atoms with Crippen molar-refractivity contribution in [1.29, 1.82) is 0 Å². The van der Waals surface area contributed by atoms with Crippen molar-refractivity contribution in [3.05, 3.63) is 29.8 Å². The Labute approximate surface area is 104 Å². The van der Waals surface area contributed by atoms with Crippen LogP contribution >= 0.6 is 0 Å². The molecule has 1 atom stereocenters. The molecule has 94 valence electrons. The lowest BCUT2D eigenvalue weighted by molar-refractivity contribution is 0.162. The van der Waals surface area contributed by atoms with Crippen LogP contribution in [-0.2, 0) is 0 Å². The van der Waals surface area contributed by atoms with Crippen LogP contribution in [-0.4, -0.2) is 11.7 Å². The van der Waals surface area contributed by atoms with Gasteiger partial charge in [-0.2, -0.15) is 0 Å². The van der Waals surface area contributed by atoms with E-state index in [4.69, 9.17) is 4.74 Å². The largest absolute Gasteiger partial charge is 0.494 e. The summed E-state index contributed by atoms with van der Waals surface area (Å²) < 4.78 is 5.57. The standard InChI is InChI=1S/C15H22O2/c1-2-10-17-14-5-3-4-13(11-14)15(16)9-8-12-6-7-12/h3-5,11-12,15-16H,2,6-10H2,1H3. The molecule has 0 bridgehead atoms. The summed E-state index contributed by atoms with van der Waals surface area (Å²) >= 11 is 0. The maximum Gasteiger partial charge on any atom is 0.119 e. The summed E-state index contributed by atoms with van der Waals surface area (Å²) in [5.41, 5.74) is 0.985. The van der Waals surface area contributed by atoms with E-state index in [1.165, 1.54) is 12.8 Å². The molecular formula is C15H22O2. The van der Waals surface area contributed by atoms with Gasteiger partial charge in [-0.1, -0.05) is 31.9 Å². The molecule has 1 fully saturated rings. The lowest BCUT2D eigenvalue weighted by Gasteiger charge is -2.12. The molecular weight excluding hydrogens is 212 g/mol. The third-order valence-corrected chi connectivity index (χ3v) is 3.26. The van der Waals surface area contributed by atoms with Crippen molar-refractivity contribution in [2.24, 2.45) is 5.92 Å². The second kappa shape index (κ2) is 6.06. The number of aliphatic hydroxyl groups is 1. The smallest absolute Gasteiger partial charge is 0.119 e. The third kappa shape index (κ3) is 4.04. The predicted molar refractivity (Wildman–Crippen MR) is 69.1 cm³/mol. The molecule has 1 aromatic carbocycles. The van der Waals surface area contributed by atoms with Crippen LogP contribution in [0.15, 0.2) is 24.3 Å². The lowest BCUT2D eigenvalue weighted by atomic mass is 10.0. The zero-order chi connectivity index (χ0) is 12.1. The van der Waals surface area contributed by atoms with E-state index in [0.29, 0.717) is 0 Å². The molecule has 0 saturated heterocycles. The van der Waals surface area contributed by atoms with Crippen LogP contribution in [0, 0.1) is 5.92 Å². The minimum absolute atomic E-state index is 0.333. The first kappa shape index (κ1) is 12.4. The SMILES string of the molecule is CCCOc1cccc(C(O)CCC2CC2)c1. The molecule has 0 heterocycles. The lowest BCUT2D eigenvalue weighted by Crippen LogP contribution is -2.00. The molecule has 1 aromatic rings. The fraction of sp³-hybridized carbons (Fsp3) is 0.600. The Morgan fingerprint density at radius 1 is 1.41 bits per heavy atom. The second-order valence-corrected chi connectivity index (χ2v) is 4.96. The summed E-state index contributed by atoms with van der Waals surface area (Å²) in [6, 6.07) is 7.86. The molecule has 1 aliphatic carbocycles. The van der Waals surface area contributed by atoms with Crippen molar-refractivity contribution in [3.8, 4) is 5.75 Å². The molecule has 0 amide bonds. The van der Waals surface area contributed by atoms with Crippen molar-refractivity contribution in [3.63, 3.8) is 0 Å². The molecule has 17 heavy (non-hydrogen) atoms. The Bertz CT molecular complexity index is 345. The van der Waals surface area contributed by atoms with Crippen LogP contribution in [0.3, 0.4) is 0 Å². The highest BCUT2D eigenvalue weighted by Gasteiger charge is 2.22. The van der Waals surface area contributed by atoms with Gasteiger partial charge in [0.2, 0.25) is 0 Å². The highest BCUT2D eigenvalue weighted by molar-refractivity contribution is 5.29. The van der Waals surface area contributed by atoms with E-state index in [0.717, 1.165) is 43.1 Å². The first-order chi connectivity index (χ1) is 8.29. The molecule has 0 aromatic heterocycles. The Morgan fingerprint density at radius 2 is 2.24 bits per heavy atom. The summed E-state index contributed by atoms with van der Waals surface area (Å²) in [6.45, 7) is 2.83. The van der Waals surface area contributed by atoms with Crippen LogP contribution < -0.4 is 4.74 Å². The van der Waals surface area contributed by atoms with Crippen LogP contribution in [0.4, 0.5) is 0 Å². The number of aliphatic hydroxyl groups excluding tert-OH is 1. The van der Waals surface area contributed by atoms with Gasteiger partial charge in [0.25, 0.3) is 0 Å². The summed E-state index contributed by atoms with van der Waals surface area (Å²) in [4.78, 5) is 0. The summed E-state index contributed by atoms with van der Waals surface area (Å²) in [5.74, 6) is 1.75. The Kier molecular flexibility index (Phi) is 4.43. The summed E-state index contributed by atoms with van der Waals surface area (Å²) in [6.07, 6.45) is 5.41. The Hall–Kier alpha value is -1.02. The zero-order valence-corrected chi connectivity index (χ0v) is 10.6. The van der Waals surface area contributed by atoms with Gasteiger partial charge in [-0.05, 0) is 42.9 Å². The molecule has 2 rings (SSSR count). The molecule has 2 heteroatoms. The van der Waals surface area contributed by atoms with Crippen LogP contribution in [0.5, 0.6) is 5.75 Å². The normalized spacial score (nSPS) is 16.8. The number of hydrogen-bond donors (Lipinski definition) is 1. The summed E-state index contributed by atoms with van der Waals surface area (Å²) in [7, 11) is 0. The van der Waals surface area contributed by atoms with E-state index in [9.17, 15) is 5.11 Å². The van der Waals surface area contributed by atoms with E-state index in [1.54, 1.807) is 0 Å². The Morgan fingerprint density at radius 3 is 2.94 bits per heavy atom. The zero-order valence-electron chi connectivity index (χ0n) is 10.6. The minimum Gasteiger partial charge on any atom is -0.494 e. The fourth-order valence-electron chi connectivity index (χ4n) is 2.00. The molecule has 1 aliphatic rings. The van der Waals surface area contributed by atoms with Crippen molar-refractivity contribution >= 4 is 0 Å². The Balaban J connectivity index is 1.88. The molecule has 1 saturated carbocycles. The fourth-order valence-corrected chi connectivity index (χ4v) is 2.00. The van der Waals surface area contributed by atoms with Gasteiger partial charge in [0.05, 0.1) is 12.7 Å². The van der Waals surface area contributed by atoms with E-state index < -0.39 is 0 Å². The van der Waals surface area contributed by atoms with Crippen molar-refractivity contribution < 1.29 is 9.84 Å². The third-order valence-electron chi connectivity index (χ3n) is 3.26. The van der Waals surface area contributed by atoms with Gasteiger partial charge in [-0.3, -0.25) is 0 Å². The number of ether oxygens (including phenoxy) is 1. The first-order valence-corrected chi connectivity index (χ1v) is 6.70. The van der Waals surface area contributed by atoms with Gasteiger partial charge in [0.15, 0.2) is 0 Å². The van der Waals surface area contributed by atoms with Crippen LogP contribution in [0.1, 0.15) is 50.7 Å². The topological polar surface area (TPSA) is 29.5 Å². The second-order valence-electron chi connectivity index (χ2n) is 4.96. The molecule has 1 unspecified atom stereocenters. The van der Waals surface area contributed by atoms with E-state index in [-0.39, 0.29) is 6.10 Å². The van der Waals surface area contributed by atoms with Gasteiger partial charge in [-0.25, -0.2) is 0 Å². The number of rotatable bonds is 7. The van der Waals surface area contributed by atoms with E-state index in [1.807, 2.05) is 24.3 Å². The molecule has 0 aliphatic heterocycles. The van der Waals surface area contributed by atoms with Crippen LogP contribution in [0.25, 0.3) is 0 Å². The monoisotopic (exact) mass is 234 g/mol. The molecule has 0 spiro atoms. The van der Waals surface area contributed by atoms with E-state index >= 15 is 0 Å². The van der Waals surface area contributed by atoms with Gasteiger partial charge in [-0.15, -0.1) is 0 Å². The predicted octanol–water partition coefficient (Wildman–Crippen LogP) is 3.70. The highest BCUT2D eigenvalue weighted by Crippen LogP contribution is 2.36. The van der Waals surface area contributed by atoms with Crippen LogP contribution in [0.2, 0.25) is 0 Å². The van der Waals surface area contributed by atoms with Crippen molar-refractivity contribution in [2.75, 3.05) is 6.61 Å². The van der Waals surface area contributed by atoms with Crippen molar-refractivity contribution in [2.45, 2.75) is 45.1 Å². The quantitative estimate of drug-likeness (QED) is 0.779. The minimum atomic E-state index is -0.333. The molecule has 0 radical (unpaired) electrons. The molecule has 2 nitrogen and oxygen atoms in total. The highest BCUT2D eigenvalue weighted by atomic mass is 16.5.